The van der Waals surface area contributed by atoms with Crippen LogP contribution in [0.4, 0.5) is 10.5 Å². The van der Waals surface area contributed by atoms with E-state index in [0.29, 0.717) is 25.4 Å². The van der Waals surface area contributed by atoms with Crippen LogP contribution >= 0.6 is 0 Å². The lowest BCUT2D eigenvalue weighted by molar-refractivity contribution is 0.144. The van der Waals surface area contributed by atoms with E-state index in [9.17, 15) is 10.1 Å². The number of alkyl carbamates (subject to hydrolysis) is 1. The summed E-state index contributed by atoms with van der Waals surface area (Å²) < 4.78 is 5.04. The minimum absolute atomic E-state index is 0.214. The van der Waals surface area contributed by atoms with Gasteiger partial charge in [-0.25, -0.2) is 9.69 Å². The Morgan fingerprint density at radius 3 is 2.40 bits per heavy atom. The van der Waals surface area contributed by atoms with Gasteiger partial charge in [0.05, 0.1) is 12.3 Å². The largest absolute Gasteiger partial charge is 0.450 e. The van der Waals surface area contributed by atoms with Crippen LogP contribution < -0.4 is 16.0 Å². The van der Waals surface area contributed by atoms with Crippen LogP contribution in [0.5, 0.6) is 0 Å². The van der Waals surface area contributed by atoms with Crippen molar-refractivity contribution in [3.8, 4) is 6.19 Å². The average molecular weight is 417 g/mol. The molecular formula is C22H36N6O2. The Morgan fingerprint density at radius 2 is 1.77 bits per heavy atom. The Balaban J connectivity index is 1.98. The van der Waals surface area contributed by atoms with Crippen molar-refractivity contribution >= 4 is 17.7 Å². The number of amides is 1. The van der Waals surface area contributed by atoms with Gasteiger partial charge in [0.1, 0.15) is 0 Å². The van der Waals surface area contributed by atoms with Gasteiger partial charge in [-0.1, -0.05) is 51.9 Å². The third kappa shape index (κ3) is 11.9. The van der Waals surface area contributed by atoms with E-state index < -0.39 is 0 Å². The first-order chi connectivity index (χ1) is 14.7. The first kappa shape index (κ1) is 25.2. The highest BCUT2D eigenvalue weighted by atomic mass is 16.5. The highest BCUT2D eigenvalue weighted by Crippen LogP contribution is 2.11. The van der Waals surface area contributed by atoms with Gasteiger partial charge in [-0.05, 0) is 31.4 Å². The molecular weight excluding hydrogens is 380 g/mol. The molecule has 0 saturated heterocycles. The van der Waals surface area contributed by atoms with Gasteiger partial charge in [-0.2, -0.15) is 5.26 Å². The Morgan fingerprint density at radius 1 is 1.13 bits per heavy atom. The van der Waals surface area contributed by atoms with Crippen molar-refractivity contribution in [2.45, 2.75) is 71.1 Å². The number of guanidine groups is 1. The molecule has 1 rings (SSSR count). The van der Waals surface area contributed by atoms with Gasteiger partial charge in [-0.3, -0.25) is 9.98 Å². The number of hydrogen-bond acceptors (Lipinski definition) is 5. The Kier molecular flexibility index (Phi) is 14.4. The first-order valence-corrected chi connectivity index (χ1v) is 11.0. The molecule has 0 atom stereocenters. The predicted molar refractivity (Wildman–Crippen MR) is 120 cm³/mol. The smallest absolute Gasteiger partial charge is 0.407 e. The highest BCUT2D eigenvalue weighted by Gasteiger charge is 2.08. The van der Waals surface area contributed by atoms with Crippen LogP contribution in [0, 0.1) is 11.5 Å². The number of rotatable bonds is 15. The molecule has 1 heterocycles. The lowest BCUT2D eigenvalue weighted by Crippen LogP contribution is -2.33. The number of unbranched alkanes of at least 4 members (excludes halogenated alkanes) is 8. The van der Waals surface area contributed by atoms with E-state index >= 15 is 0 Å². The molecule has 0 bridgehead atoms. The first-order valence-electron chi connectivity index (χ1n) is 11.0. The van der Waals surface area contributed by atoms with E-state index in [1.165, 1.54) is 30.6 Å². The number of aliphatic imine (C=N–C) groups is 1. The van der Waals surface area contributed by atoms with Crippen molar-refractivity contribution in [3.05, 3.63) is 24.5 Å². The summed E-state index contributed by atoms with van der Waals surface area (Å²) in [6.45, 7) is 3.88. The second-order valence-electron chi connectivity index (χ2n) is 7.13. The van der Waals surface area contributed by atoms with Crippen molar-refractivity contribution < 1.29 is 9.53 Å². The van der Waals surface area contributed by atoms with E-state index in [4.69, 9.17) is 10.5 Å². The number of nitrogens with one attached hydrogen (secondary N) is 1. The van der Waals surface area contributed by atoms with E-state index in [2.05, 4.69) is 22.2 Å². The fourth-order valence-electron chi connectivity index (χ4n) is 2.85. The number of carbonyl (C=O) groups is 1. The zero-order valence-electron chi connectivity index (χ0n) is 18.2. The zero-order chi connectivity index (χ0) is 21.9. The molecule has 0 aliphatic rings. The molecule has 3 N–H and O–H groups in total. The van der Waals surface area contributed by atoms with Gasteiger partial charge < -0.3 is 15.8 Å². The van der Waals surface area contributed by atoms with Gasteiger partial charge in [-0.15, -0.1) is 0 Å². The molecule has 1 aromatic heterocycles. The second kappa shape index (κ2) is 17.1. The number of nitrogens with two attached hydrogens (primary N) is 1. The number of pyridine rings is 1. The number of aromatic nitrogens is 1. The van der Waals surface area contributed by atoms with Crippen molar-refractivity contribution in [1.29, 1.82) is 5.26 Å². The van der Waals surface area contributed by atoms with E-state index in [-0.39, 0.29) is 12.1 Å². The van der Waals surface area contributed by atoms with Crippen LogP contribution in [0.3, 0.4) is 0 Å². The summed E-state index contributed by atoms with van der Waals surface area (Å²) in [4.78, 5) is 20.9. The molecule has 0 aromatic carbocycles. The van der Waals surface area contributed by atoms with Gasteiger partial charge in [0.25, 0.3) is 0 Å². The van der Waals surface area contributed by atoms with Crippen LogP contribution in [-0.4, -0.2) is 36.7 Å². The van der Waals surface area contributed by atoms with Gasteiger partial charge in [0.15, 0.2) is 6.19 Å². The quantitative estimate of drug-likeness (QED) is 0.144. The van der Waals surface area contributed by atoms with Crippen LogP contribution in [0.25, 0.3) is 0 Å². The fraction of sp³-hybridized carbons (Fsp3) is 0.636. The minimum Gasteiger partial charge on any atom is -0.450 e. The van der Waals surface area contributed by atoms with Gasteiger partial charge >= 0.3 is 6.09 Å². The summed E-state index contributed by atoms with van der Waals surface area (Å²) >= 11 is 0. The number of nitrogens with zero attached hydrogens (tertiary/aromatic N) is 4. The summed E-state index contributed by atoms with van der Waals surface area (Å²) in [5.41, 5.74) is 6.59. The normalized spacial score (nSPS) is 11.0. The third-order valence-corrected chi connectivity index (χ3v) is 4.61. The van der Waals surface area contributed by atoms with Crippen LogP contribution in [0.1, 0.15) is 71.1 Å². The van der Waals surface area contributed by atoms with Crippen molar-refractivity contribution in [2.24, 2.45) is 10.7 Å². The Labute approximate surface area is 180 Å². The summed E-state index contributed by atoms with van der Waals surface area (Å²) in [6, 6.07) is 3.45. The topological polar surface area (TPSA) is 117 Å². The van der Waals surface area contributed by atoms with Crippen LogP contribution in [0.15, 0.2) is 29.5 Å². The van der Waals surface area contributed by atoms with Crippen LogP contribution in [-0.2, 0) is 4.74 Å². The average Bonchev–Trinajstić information content (AvgIpc) is 2.76. The van der Waals surface area contributed by atoms with Crippen molar-refractivity contribution in [1.82, 2.24) is 10.3 Å². The molecule has 1 aromatic rings. The SMILES string of the molecule is CCCCOC(=O)NCCCCCCCCCCN=C(N)N(C#N)c1ccncc1. The molecule has 0 fully saturated rings. The maximum absolute atomic E-state index is 11.4. The fourth-order valence-corrected chi connectivity index (χ4v) is 2.85. The third-order valence-electron chi connectivity index (χ3n) is 4.61. The number of hydrogen-bond donors (Lipinski definition) is 2. The van der Waals surface area contributed by atoms with Crippen molar-refractivity contribution in [2.75, 3.05) is 24.6 Å². The monoisotopic (exact) mass is 416 g/mol. The number of anilines is 1. The van der Waals surface area contributed by atoms with E-state index in [0.717, 1.165) is 38.5 Å². The summed E-state index contributed by atoms with van der Waals surface area (Å²) in [6.07, 6.45) is 15.8. The molecule has 30 heavy (non-hydrogen) atoms. The molecule has 1 amide bonds. The minimum atomic E-state index is -0.301. The molecule has 166 valence electrons. The summed E-state index contributed by atoms with van der Waals surface area (Å²) in [5, 5.41) is 12.1. The number of nitriles is 1. The maximum Gasteiger partial charge on any atom is 0.407 e. The molecule has 0 aliphatic heterocycles. The lowest BCUT2D eigenvalue weighted by atomic mass is 10.1. The molecule has 0 radical (unpaired) electrons. The molecule has 0 spiro atoms. The highest BCUT2D eigenvalue weighted by molar-refractivity contribution is 5.97. The molecule has 0 aliphatic carbocycles. The lowest BCUT2D eigenvalue weighted by Gasteiger charge is -2.13. The Bertz CT molecular complexity index is 645. The van der Waals surface area contributed by atoms with E-state index in [1.807, 2.05) is 6.19 Å². The number of ether oxygens (including phenoxy) is 1. The van der Waals surface area contributed by atoms with Crippen molar-refractivity contribution in [3.63, 3.8) is 0 Å². The van der Waals surface area contributed by atoms with Gasteiger partial charge in [0, 0.05) is 25.5 Å². The molecule has 8 nitrogen and oxygen atoms in total. The molecule has 8 heteroatoms. The number of carbonyl (C=O) groups excluding carboxylic acids is 1. The molecule has 0 saturated carbocycles. The Hall–Kier alpha value is -2.82. The predicted octanol–water partition coefficient (Wildman–Crippen LogP) is 4.33. The standard InChI is InChI=1S/C22H36N6O2/c1-2-3-18-30-22(29)27-15-11-9-7-5-4-6-8-10-14-26-21(24)28(19-23)20-12-16-25-17-13-20/h12-13,16-17H,2-11,14-15,18H2,1H3,(H2,24,26)(H,27,29). The second-order valence-corrected chi connectivity index (χ2v) is 7.13. The molecule has 0 unspecified atom stereocenters. The summed E-state index contributed by atoms with van der Waals surface area (Å²) in [5.74, 6) is 0.214. The van der Waals surface area contributed by atoms with E-state index in [1.54, 1.807) is 24.5 Å². The summed E-state index contributed by atoms with van der Waals surface area (Å²) in [7, 11) is 0. The zero-order valence-corrected chi connectivity index (χ0v) is 18.2. The maximum atomic E-state index is 11.4. The van der Waals surface area contributed by atoms with Crippen LogP contribution in [0.2, 0.25) is 0 Å². The van der Waals surface area contributed by atoms with Gasteiger partial charge in [0.2, 0.25) is 5.96 Å².